The van der Waals surface area contributed by atoms with Crippen molar-refractivity contribution in [2.75, 3.05) is 7.11 Å². The molecule has 0 spiro atoms. The fraction of sp³-hybridized carbons (Fsp3) is 0.130. The van der Waals surface area contributed by atoms with Gasteiger partial charge in [0.15, 0.2) is 6.10 Å². The van der Waals surface area contributed by atoms with Crippen LogP contribution >= 0.6 is 11.6 Å². The van der Waals surface area contributed by atoms with E-state index in [9.17, 15) is 4.79 Å². The number of amides is 1. The van der Waals surface area contributed by atoms with Crippen LogP contribution in [0.1, 0.15) is 34.4 Å². The SMILES string of the molecule is COc1cccc([C@H]2OC(=O)N[C@@H]2c2cccc(C#Cc3ccc(Cl)nc3)c2)c1. The number of pyridine rings is 1. The van der Waals surface area contributed by atoms with Gasteiger partial charge in [-0.05, 0) is 47.5 Å². The Labute approximate surface area is 173 Å². The van der Waals surface area contributed by atoms with Crippen molar-refractivity contribution in [3.63, 3.8) is 0 Å². The number of benzene rings is 2. The van der Waals surface area contributed by atoms with Gasteiger partial charge in [0.1, 0.15) is 10.9 Å². The van der Waals surface area contributed by atoms with Crippen molar-refractivity contribution in [3.05, 3.63) is 94.3 Å². The van der Waals surface area contributed by atoms with Gasteiger partial charge < -0.3 is 14.8 Å². The monoisotopic (exact) mass is 404 g/mol. The van der Waals surface area contributed by atoms with Crippen molar-refractivity contribution in [2.45, 2.75) is 12.1 Å². The van der Waals surface area contributed by atoms with Gasteiger partial charge in [-0.2, -0.15) is 0 Å². The Morgan fingerprint density at radius 2 is 1.83 bits per heavy atom. The Bertz CT molecular complexity index is 1100. The van der Waals surface area contributed by atoms with Crippen molar-refractivity contribution in [2.24, 2.45) is 0 Å². The molecule has 4 rings (SSSR count). The molecule has 1 aromatic heterocycles. The quantitative estimate of drug-likeness (QED) is 0.509. The summed E-state index contributed by atoms with van der Waals surface area (Å²) in [4.78, 5) is 16.0. The number of ether oxygens (including phenoxy) is 2. The Morgan fingerprint density at radius 1 is 1.03 bits per heavy atom. The van der Waals surface area contributed by atoms with Crippen LogP contribution in [-0.4, -0.2) is 18.2 Å². The molecule has 0 unspecified atom stereocenters. The van der Waals surface area contributed by atoms with Gasteiger partial charge in [-0.15, -0.1) is 0 Å². The number of methoxy groups -OCH3 is 1. The average molecular weight is 405 g/mol. The molecule has 3 aromatic rings. The number of nitrogens with one attached hydrogen (secondary N) is 1. The van der Waals surface area contributed by atoms with Crippen LogP contribution in [0.2, 0.25) is 5.15 Å². The number of halogens is 1. The Balaban J connectivity index is 1.62. The number of hydrogen-bond acceptors (Lipinski definition) is 4. The Morgan fingerprint density at radius 3 is 2.62 bits per heavy atom. The summed E-state index contributed by atoms with van der Waals surface area (Å²) in [7, 11) is 1.61. The van der Waals surface area contributed by atoms with Gasteiger partial charge in [-0.1, -0.05) is 47.7 Å². The van der Waals surface area contributed by atoms with Crippen molar-refractivity contribution in [1.29, 1.82) is 0 Å². The van der Waals surface area contributed by atoms with E-state index in [-0.39, 0.29) is 6.04 Å². The van der Waals surface area contributed by atoms with Crippen LogP contribution in [0.25, 0.3) is 0 Å². The number of aromatic nitrogens is 1. The van der Waals surface area contributed by atoms with E-state index < -0.39 is 12.2 Å². The molecule has 1 fully saturated rings. The number of alkyl carbamates (subject to hydrolysis) is 1. The van der Waals surface area contributed by atoms with Gasteiger partial charge >= 0.3 is 6.09 Å². The summed E-state index contributed by atoms with van der Waals surface area (Å²) in [6, 6.07) is 18.4. The molecule has 0 aliphatic carbocycles. The number of carbonyl (C=O) groups excluding carboxylic acids is 1. The molecule has 1 amide bonds. The highest BCUT2D eigenvalue weighted by atomic mass is 35.5. The van der Waals surface area contributed by atoms with Gasteiger partial charge in [0.05, 0.1) is 13.2 Å². The lowest BCUT2D eigenvalue weighted by Gasteiger charge is -2.18. The fourth-order valence-electron chi connectivity index (χ4n) is 3.16. The molecule has 6 heteroatoms. The first-order valence-corrected chi connectivity index (χ1v) is 9.35. The number of nitrogens with zero attached hydrogens (tertiary/aromatic N) is 1. The van der Waals surface area contributed by atoms with Gasteiger partial charge in [0, 0.05) is 17.3 Å². The summed E-state index contributed by atoms with van der Waals surface area (Å²) in [5, 5.41) is 3.32. The van der Waals surface area contributed by atoms with E-state index in [1.54, 1.807) is 19.4 Å². The maximum absolute atomic E-state index is 12.0. The van der Waals surface area contributed by atoms with Crippen LogP contribution < -0.4 is 10.1 Å². The molecule has 0 saturated carbocycles. The first-order valence-electron chi connectivity index (χ1n) is 8.97. The predicted octanol–water partition coefficient (Wildman–Crippen LogP) is 4.67. The van der Waals surface area contributed by atoms with Crippen molar-refractivity contribution in [3.8, 4) is 17.6 Å². The molecular formula is C23H17ClN2O3. The normalized spacial score (nSPS) is 17.7. The summed E-state index contributed by atoms with van der Waals surface area (Å²) in [5.41, 5.74) is 3.36. The van der Waals surface area contributed by atoms with Crippen LogP contribution in [0.4, 0.5) is 4.79 Å². The molecule has 1 aliphatic heterocycles. The second-order valence-electron chi connectivity index (χ2n) is 6.47. The molecule has 2 atom stereocenters. The minimum absolute atomic E-state index is 0.325. The Hall–Kier alpha value is -3.49. The van der Waals surface area contributed by atoms with Crippen molar-refractivity contribution < 1.29 is 14.3 Å². The van der Waals surface area contributed by atoms with Crippen LogP contribution in [0.5, 0.6) is 5.75 Å². The lowest BCUT2D eigenvalue weighted by molar-refractivity contribution is 0.132. The summed E-state index contributed by atoms with van der Waals surface area (Å²) >= 11 is 5.80. The van der Waals surface area contributed by atoms with Crippen LogP contribution in [0.15, 0.2) is 66.9 Å². The molecule has 2 aromatic carbocycles. The van der Waals surface area contributed by atoms with Crippen molar-refractivity contribution in [1.82, 2.24) is 10.3 Å². The highest BCUT2D eigenvalue weighted by molar-refractivity contribution is 6.29. The third-order valence-corrected chi connectivity index (χ3v) is 4.78. The number of carbonyl (C=O) groups is 1. The molecule has 0 bridgehead atoms. The summed E-state index contributed by atoms with van der Waals surface area (Å²) in [5.74, 6) is 6.90. The second-order valence-corrected chi connectivity index (χ2v) is 6.86. The minimum Gasteiger partial charge on any atom is -0.497 e. The first-order chi connectivity index (χ1) is 14.1. The van der Waals surface area contributed by atoms with Gasteiger partial charge in [0.2, 0.25) is 0 Å². The fourth-order valence-corrected chi connectivity index (χ4v) is 3.27. The standard InChI is InChI=1S/C23H17ClN2O3/c1-28-19-7-3-6-18(13-19)22-21(26-23(27)29-22)17-5-2-4-15(12-17)8-9-16-10-11-20(24)25-14-16/h2-7,10-14,21-22H,1H3,(H,26,27)/t21-,22-/m1/s1. The van der Waals surface area contributed by atoms with E-state index in [0.717, 1.165) is 22.3 Å². The molecule has 1 N–H and O–H groups in total. The molecule has 1 saturated heterocycles. The second kappa shape index (κ2) is 8.26. The van der Waals surface area contributed by atoms with Crippen LogP contribution in [0, 0.1) is 11.8 Å². The summed E-state index contributed by atoms with van der Waals surface area (Å²) in [6.07, 6.45) is 0.719. The lowest BCUT2D eigenvalue weighted by Crippen LogP contribution is -2.19. The molecule has 0 radical (unpaired) electrons. The lowest BCUT2D eigenvalue weighted by atomic mass is 9.95. The third-order valence-electron chi connectivity index (χ3n) is 4.56. The van der Waals surface area contributed by atoms with E-state index in [2.05, 4.69) is 22.1 Å². The average Bonchev–Trinajstić information content (AvgIpc) is 3.15. The van der Waals surface area contributed by atoms with Gasteiger partial charge in [-0.25, -0.2) is 9.78 Å². The zero-order valence-corrected chi connectivity index (χ0v) is 16.3. The maximum Gasteiger partial charge on any atom is 0.408 e. The van der Waals surface area contributed by atoms with Crippen LogP contribution in [0.3, 0.4) is 0 Å². The predicted molar refractivity (Wildman–Crippen MR) is 110 cm³/mol. The summed E-state index contributed by atoms with van der Waals surface area (Å²) in [6.45, 7) is 0. The number of rotatable bonds is 3. The number of hydrogen-bond donors (Lipinski definition) is 1. The third kappa shape index (κ3) is 4.34. The van der Waals surface area contributed by atoms with E-state index in [1.807, 2.05) is 54.6 Å². The minimum atomic E-state index is -0.457. The largest absolute Gasteiger partial charge is 0.497 e. The van der Waals surface area contributed by atoms with E-state index in [0.29, 0.717) is 10.9 Å². The topological polar surface area (TPSA) is 60.5 Å². The van der Waals surface area contributed by atoms with E-state index in [1.165, 1.54) is 0 Å². The molecule has 29 heavy (non-hydrogen) atoms. The smallest absolute Gasteiger partial charge is 0.408 e. The maximum atomic E-state index is 12.0. The first kappa shape index (κ1) is 18.9. The van der Waals surface area contributed by atoms with E-state index in [4.69, 9.17) is 21.1 Å². The van der Waals surface area contributed by atoms with Gasteiger partial charge in [0.25, 0.3) is 0 Å². The molecule has 144 valence electrons. The zero-order chi connectivity index (χ0) is 20.2. The van der Waals surface area contributed by atoms with E-state index >= 15 is 0 Å². The Kier molecular flexibility index (Phi) is 5.37. The van der Waals surface area contributed by atoms with Crippen LogP contribution in [-0.2, 0) is 4.74 Å². The zero-order valence-electron chi connectivity index (χ0n) is 15.6. The summed E-state index contributed by atoms with van der Waals surface area (Å²) < 4.78 is 10.8. The van der Waals surface area contributed by atoms with Gasteiger partial charge in [-0.3, -0.25) is 0 Å². The highest BCUT2D eigenvalue weighted by Gasteiger charge is 2.36. The highest BCUT2D eigenvalue weighted by Crippen LogP contribution is 2.37. The molecule has 2 heterocycles. The molecule has 1 aliphatic rings. The molecular weight excluding hydrogens is 388 g/mol. The van der Waals surface area contributed by atoms with Crippen molar-refractivity contribution >= 4 is 17.7 Å². The molecule has 5 nitrogen and oxygen atoms in total. The number of cyclic esters (lactones) is 1.